The van der Waals surface area contributed by atoms with Crippen LogP contribution in [0.1, 0.15) is 72.6 Å². The highest BCUT2D eigenvalue weighted by molar-refractivity contribution is 4.83. The molecule has 3 nitrogen and oxygen atoms in total. The van der Waals surface area contributed by atoms with Gasteiger partial charge in [0.1, 0.15) is 0 Å². The van der Waals surface area contributed by atoms with Gasteiger partial charge in [-0.05, 0) is 79.3 Å². The second-order valence-electron chi connectivity index (χ2n) is 8.48. The summed E-state index contributed by atoms with van der Waals surface area (Å²) < 4.78 is 5.97. The van der Waals surface area contributed by atoms with Crippen molar-refractivity contribution in [1.82, 2.24) is 9.80 Å². The highest BCUT2D eigenvalue weighted by atomic mass is 16.5. The monoisotopic (exact) mass is 324 g/mol. The Balaban J connectivity index is 1.57. The van der Waals surface area contributed by atoms with Gasteiger partial charge in [0.2, 0.25) is 0 Å². The van der Waals surface area contributed by atoms with Crippen LogP contribution in [0.2, 0.25) is 0 Å². The van der Waals surface area contributed by atoms with Crippen LogP contribution in [0.25, 0.3) is 0 Å². The van der Waals surface area contributed by atoms with Crippen molar-refractivity contribution in [2.24, 2.45) is 5.92 Å². The van der Waals surface area contributed by atoms with Crippen molar-refractivity contribution in [1.29, 1.82) is 0 Å². The number of nitrogens with zero attached hydrogens (tertiary/aromatic N) is 2. The SMILES string of the molecule is CC(C)OC1CCC(CCCCN2[C@@H](C)CN(C)C[C@@H]2C)CC1. The van der Waals surface area contributed by atoms with Gasteiger partial charge >= 0.3 is 0 Å². The van der Waals surface area contributed by atoms with Crippen molar-refractivity contribution in [2.75, 3.05) is 26.7 Å². The highest BCUT2D eigenvalue weighted by Crippen LogP contribution is 2.30. The van der Waals surface area contributed by atoms with Crippen LogP contribution in [-0.2, 0) is 4.74 Å². The minimum Gasteiger partial charge on any atom is -0.376 e. The topological polar surface area (TPSA) is 15.7 Å². The molecular weight excluding hydrogens is 284 g/mol. The van der Waals surface area contributed by atoms with E-state index in [2.05, 4.69) is 44.5 Å². The molecule has 0 unspecified atom stereocenters. The molecule has 136 valence electrons. The summed E-state index contributed by atoms with van der Waals surface area (Å²) >= 11 is 0. The molecule has 1 aliphatic heterocycles. The van der Waals surface area contributed by atoms with Gasteiger partial charge in [-0.25, -0.2) is 0 Å². The fourth-order valence-corrected chi connectivity index (χ4v) is 4.73. The second-order valence-corrected chi connectivity index (χ2v) is 8.48. The Labute approximate surface area is 144 Å². The van der Waals surface area contributed by atoms with E-state index in [0.29, 0.717) is 24.3 Å². The molecule has 3 heteroatoms. The zero-order valence-corrected chi connectivity index (χ0v) is 16.3. The molecular formula is C20H40N2O. The third-order valence-corrected chi connectivity index (χ3v) is 5.82. The normalized spacial score (nSPS) is 34.2. The fourth-order valence-electron chi connectivity index (χ4n) is 4.73. The van der Waals surface area contributed by atoms with E-state index in [1.54, 1.807) is 0 Å². The molecule has 0 aromatic heterocycles. The lowest BCUT2D eigenvalue weighted by atomic mass is 9.84. The quantitative estimate of drug-likeness (QED) is 0.654. The molecule has 2 atom stereocenters. The van der Waals surface area contributed by atoms with Crippen LogP contribution in [0.3, 0.4) is 0 Å². The van der Waals surface area contributed by atoms with E-state index in [4.69, 9.17) is 4.74 Å². The lowest BCUT2D eigenvalue weighted by Crippen LogP contribution is -2.55. The predicted molar refractivity (Wildman–Crippen MR) is 98.9 cm³/mol. The standard InChI is InChI=1S/C20H40N2O/c1-16(2)23-20-11-9-19(10-12-20)8-6-7-13-22-17(3)14-21(5)15-18(22)4/h16-20H,6-15H2,1-5H3/t17-,18-,19?,20?/m0/s1. The summed E-state index contributed by atoms with van der Waals surface area (Å²) in [6, 6.07) is 1.43. The Morgan fingerprint density at radius 3 is 2.13 bits per heavy atom. The Bertz CT molecular complexity index is 314. The van der Waals surface area contributed by atoms with Gasteiger partial charge < -0.3 is 9.64 Å². The van der Waals surface area contributed by atoms with E-state index in [0.717, 1.165) is 5.92 Å². The lowest BCUT2D eigenvalue weighted by Gasteiger charge is -2.43. The van der Waals surface area contributed by atoms with Gasteiger partial charge in [-0.3, -0.25) is 4.90 Å². The van der Waals surface area contributed by atoms with Crippen molar-refractivity contribution in [3.05, 3.63) is 0 Å². The third kappa shape index (κ3) is 6.36. The first kappa shape index (κ1) is 19.2. The molecule has 1 heterocycles. The number of ether oxygens (including phenoxy) is 1. The molecule has 1 aliphatic carbocycles. The van der Waals surface area contributed by atoms with Crippen LogP contribution in [0.4, 0.5) is 0 Å². The summed E-state index contributed by atoms with van der Waals surface area (Å²) in [5.41, 5.74) is 0. The molecule has 0 radical (unpaired) electrons. The Morgan fingerprint density at radius 1 is 0.957 bits per heavy atom. The summed E-state index contributed by atoms with van der Waals surface area (Å²) in [7, 11) is 2.25. The zero-order chi connectivity index (χ0) is 16.8. The number of likely N-dealkylation sites (N-methyl/N-ethyl adjacent to an activating group) is 1. The van der Waals surface area contributed by atoms with Gasteiger partial charge in [-0.1, -0.05) is 12.8 Å². The minimum absolute atomic E-state index is 0.393. The molecule has 0 aromatic carbocycles. The smallest absolute Gasteiger partial charge is 0.0578 e. The van der Waals surface area contributed by atoms with Gasteiger partial charge in [-0.2, -0.15) is 0 Å². The zero-order valence-electron chi connectivity index (χ0n) is 16.3. The molecule has 0 spiro atoms. The second kappa shape index (κ2) is 9.39. The maximum Gasteiger partial charge on any atom is 0.0578 e. The minimum atomic E-state index is 0.393. The first-order chi connectivity index (χ1) is 11.0. The van der Waals surface area contributed by atoms with Crippen molar-refractivity contribution in [3.8, 4) is 0 Å². The average molecular weight is 325 g/mol. The van der Waals surface area contributed by atoms with E-state index >= 15 is 0 Å². The first-order valence-electron chi connectivity index (χ1n) is 10.1. The number of hydrogen-bond donors (Lipinski definition) is 0. The van der Waals surface area contributed by atoms with E-state index in [9.17, 15) is 0 Å². The molecule has 23 heavy (non-hydrogen) atoms. The van der Waals surface area contributed by atoms with Gasteiger partial charge in [0.05, 0.1) is 12.2 Å². The van der Waals surface area contributed by atoms with Gasteiger partial charge in [0.15, 0.2) is 0 Å². The number of piperazine rings is 1. The van der Waals surface area contributed by atoms with Crippen LogP contribution in [0.5, 0.6) is 0 Å². The van der Waals surface area contributed by atoms with Crippen molar-refractivity contribution in [3.63, 3.8) is 0 Å². The van der Waals surface area contributed by atoms with E-state index < -0.39 is 0 Å². The van der Waals surface area contributed by atoms with Gasteiger partial charge in [-0.15, -0.1) is 0 Å². The molecule has 2 fully saturated rings. The average Bonchev–Trinajstić information content (AvgIpc) is 2.46. The number of hydrogen-bond acceptors (Lipinski definition) is 3. The Morgan fingerprint density at radius 2 is 1.57 bits per heavy atom. The van der Waals surface area contributed by atoms with Crippen LogP contribution in [-0.4, -0.2) is 60.8 Å². The predicted octanol–water partition coefficient (Wildman–Crippen LogP) is 4.16. The highest BCUT2D eigenvalue weighted by Gasteiger charge is 2.27. The van der Waals surface area contributed by atoms with Crippen molar-refractivity contribution < 1.29 is 4.74 Å². The van der Waals surface area contributed by atoms with Gasteiger partial charge in [0, 0.05) is 25.2 Å². The fraction of sp³-hybridized carbons (Fsp3) is 1.00. The lowest BCUT2D eigenvalue weighted by molar-refractivity contribution is -0.0204. The summed E-state index contributed by atoms with van der Waals surface area (Å²) in [4.78, 5) is 5.21. The van der Waals surface area contributed by atoms with E-state index in [-0.39, 0.29) is 0 Å². The molecule has 0 amide bonds. The number of unbranched alkanes of at least 4 members (excludes halogenated alkanes) is 1. The third-order valence-electron chi connectivity index (χ3n) is 5.82. The first-order valence-corrected chi connectivity index (χ1v) is 10.1. The van der Waals surface area contributed by atoms with E-state index in [1.807, 2.05) is 0 Å². The van der Waals surface area contributed by atoms with Crippen LogP contribution in [0.15, 0.2) is 0 Å². The maximum atomic E-state index is 5.97. The van der Waals surface area contributed by atoms with Crippen molar-refractivity contribution in [2.45, 2.75) is 96.9 Å². The summed E-state index contributed by atoms with van der Waals surface area (Å²) in [6.45, 7) is 12.8. The van der Waals surface area contributed by atoms with Crippen LogP contribution >= 0.6 is 0 Å². The van der Waals surface area contributed by atoms with Crippen molar-refractivity contribution >= 4 is 0 Å². The molecule has 0 bridgehead atoms. The molecule has 0 aromatic rings. The van der Waals surface area contributed by atoms with E-state index in [1.165, 1.54) is 64.6 Å². The molecule has 2 rings (SSSR count). The molecule has 2 aliphatic rings. The molecule has 0 N–H and O–H groups in total. The summed E-state index contributed by atoms with van der Waals surface area (Å²) in [5, 5.41) is 0. The molecule has 1 saturated heterocycles. The Kier molecular flexibility index (Phi) is 7.84. The maximum absolute atomic E-state index is 5.97. The Hall–Kier alpha value is -0.120. The molecule has 1 saturated carbocycles. The largest absolute Gasteiger partial charge is 0.376 e. The summed E-state index contributed by atoms with van der Waals surface area (Å²) in [6.07, 6.45) is 10.5. The van der Waals surface area contributed by atoms with Crippen LogP contribution < -0.4 is 0 Å². The summed E-state index contributed by atoms with van der Waals surface area (Å²) in [5.74, 6) is 0.962. The van der Waals surface area contributed by atoms with Crippen LogP contribution in [0, 0.1) is 5.92 Å². The number of rotatable bonds is 7. The van der Waals surface area contributed by atoms with Gasteiger partial charge in [0.25, 0.3) is 0 Å².